The van der Waals surface area contributed by atoms with Crippen LogP contribution in [0.15, 0.2) is 0 Å². The van der Waals surface area contributed by atoms with E-state index in [1.165, 1.54) is 0 Å². The van der Waals surface area contributed by atoms with Crippen LogP contribution < -0.4 is 0 Å². The first kappa shape index (κ1) is 10.8. The van der Waals surface area contributed by atoms with Crippen molar-refractivity contribution >= 4 is 0 Å². The highest BCUT2D eigenvalue weighted by molar-refractivity contribution is 4.82. The van der Waals surface area contributed by atoms with Crippen molar-refractivity contribution in [2.24, 2.45) is 11.8 Å². The predicted octanol–water partition coefficient (Wildman–Crippen LogP) is 2.30. The van der Waals surface area contributed by atoms with E-state index in [0.29, 0.717) is 0 Å². The molecule has 1 nitrogen and oxygen atoms in total. The Morgan fingerprint density at radius 2 is 1.77 bits per heavy atom. The summed E-state index contributed by atoms with van der Waals surface area (Å²) in [6, 6.07) is 0. The lowest BCUT2D eigenvalue weighted by Gasteiger charge is -2.32. The molecule has 0 amide bonds. The Morgan fingerprint density at radius 1 is 1.15 bits per heavy atom. The minimum atomic E-state index is -4.30. The van der Waals surface area contributed by atoms with Gasteiger partial charge in [0.25, 0.3) is 0 Å². The van der Waals surface area contributed by atoms with Crippen molar-refractivity contribution in [1.82, 2.24) is 0 Å². The molecule has 1 aliphatic carbocycles. The van der Waals surface area contributed by atoms with E-state index in [-0.39, 0.29) is 19.3 Å². The fourth-order valence-electron chi connectivity index (χ4n) is 1.80. The second kappa shape index (κ2) is 3.82. The molecule has 1 N–H and O–H groups in total. The molecule has 0 spiro atoms. The number of aliphatic hydroxyl groups is 1. The SMILES string of the molecule is OC1CC(CF)CC(C(F)(F)F)C1. The lowest BCUT2D eigenvalue weighted by molar-refractivity contribution is -0.195. The Morgan fingerprint density at radius 3 is 2.23 bits per heavy atom. The summed E-state index contributed by atoms with van der Waals surface area (Å²) >= 11 is 0. The quantitative estimate of drug-likeness (QED) is 0.644. The summed E-state index contributed by atoms with van der Waals surface area (Å²) in [4.78, 5) is 0. The van der Waals surface area contributed by atoms with Crippen LogP contribution in [-0.2, 0) is 0 Å². The van der Waals surface area contributed by atoms with Gasteiger partial charge in [0.15, 0.2) is 0 Å². The third-order valence-corrected chi connectivity index (χ3v) is 2.46. The topological polar surface area (TPSA) is 20.2 Å². The number of hydrogen-bond donors (Lipinski definition) is 1. The zero-order chi connectivity index (χ0) is 10.1. The maximum absolute atomic E-state index is 12.2. The Labute approximate surface area is 73.7 Å². The number of aliphatic hydroxyl groups excluding tert-OH is 1. The van der Waals surface area contributed by atoms with Crippen molar-refractivity contribution < 1.29 is 22.7 Å². The van der Waals surface area contributed by atoms with E-state index >= 15 is 0 Å². The highest BCUT2D eigenvalue weighted by atomic mass is 19.4. The van der Waals surface area contributed by atoms with E-state index in [0.717, 1.165) is 0 Å². The molecule has 3 unspecified atom stereocenters. The molecule has 5 heteroatoms. The molecule has 78 valence electrons. The molecule has 1 aliphatic rings. The van der Waals surface area contributed by atoms with Gasteiger partial charge in [-0.15, -0.1) is 0 Å². The lowest BCUT2D eigenvalue weighted by Crippen LogP contribution is -2.35. The van der Waals surface area contributed by atoms with Crippen molar-refractivity contribution in [2.45, 2.75) is 31.5 Å². The van der Waals surface area contributed by atoms with Crippen molar-refractivity contribution in [3.8, 4) is 0 Å². The third-order valence-electron chi connectivity index (χ3n) is 2.46. The van der Waals surface area contributed by atoms with Gasteiger partial charge >= 0.3 is 6.18 Å². The zero-order valence-corrected chi connectivity index (χ0v) is 7.02. The average molecular weight is 200 g/mol. The molecule has 0 aromatic carbocycles. The molecule has 0 saturated heterocycles. The molecule has 3 atom stereocenters. The van der Waals surface area contributed by atoms with Gasteiger partial charge in [-0.25, -0.2) is 0 Å². The maximum atomic E-state index is 12.2. The van der Waals surface area contributed by atoms with Crippen LogP contribution in [0.25, 0.3) is 0 Å². The highest BCUT2D eigenvalue weighted by Gasteiger charge is 2.44. The van der Waals surface area contributed by atoms with E-state index in [2.05, 4.69) is 0 Å². The van der Waals surface area contributed by atoms with Crippen LogP contribution in [0.1, 0.15) is 19.3 Å². The van der Waals surface area contributed by atoms with Gasteiger partial charge in [-0.05, 0) is 25.2 Å². The second-order valence-electron chi connectivity index (χ2n) is 3.62. The molecular weight excluding hydrogens is 188 g/mol. The standard InChI is InChI=1S/C8H12F4O/c9-4-5-1-6(8(10,11)12)3-7(13)2-5/h5-7,13H,1-4H2. The Bertz CT molecular complexity index is 168. The summed E-state index contributed by atoms with van der Waals surface area (Å²) in [6.07, 6.45) is -5.60. The Balaban J connectivity index is 2.57. The van der Waals surface area contributed by atoms with Gasteiger partial charge in [0, 0.05) is 0 Å². The number of halogens is 4. The van der Waals surface area contributed by atoms with E-state index in [9.17, 15) is 17.6 Å². The van der Waals surface area contributed by atoms with Gasteiger partial charge in [0.05, 0.1) is 18.7 Å². The summed E-state index contributed by atoms with van der Waals surface area (Å²) in [5.41, 5.74) is 0. The van der Waals surface area contributed by atoms with Gasteiger partial charge in [0.2, 0.25) is 0 Å². The molecule has 0 heterocycles. The maximum Gasteiger partial charge on any atom is 0.391 e. The van der Waals surface area contributed by atoms with Crippen LogP contribution >= 0.6 is 0 Å². The molecule has 0 radical (unpaired) electrons. The van der Waals surface area contributed by atoms with Gasteiger partial charge in [-0.3, -0.25) is 4.39 Å². The molecule has 1 rings (SSSR count). The molecule has 0 aliphatic heterocycles. The minimum absolute atomic E-state index is 0.156. The predicted molar refractivity (Wildman–Crippen MR) is 38.9 cm³/mol. The van der Waals surface area contributed by atoms with E-state index in [4.69, 9.17) is 5.11 Å². The molecule has 1 fully saturated rings. The first-order chi connectivity index (χ1) is 5.93. The van der Waals surface area contributed by atoms with Gasteiger partial charge in [-0.2, -0.15) is 13.2 Å². The second-order valence-corrected chi connectivity index (χ2v) is 3.62. The van der Waals surface area contributed by atoms with Gasteiger partial charge in [0.1, 0.15) is 0 Å². The number of alkyl halides is 4. The average Bonchev–Trinajstić information content (AvgIpc) is 2.01. The van der Waals surface area contributed by atoms with E-state index < -0.39 is 30.8 Å². The number of rotatable bonds is 1. The summed E-state index contributed by atoms with van der Waals surface area (Å²) in [7, 11) is 0. The van der Waals surface area contributed by atoms with Gasteiger partial charge < -0.3 is 5.11 Å². The normalized spacial score (nSPS) is 36.2. The molecule has 0 aromatic heterocycles. The molecular formula is C8H12F4O. The van der Waals surface area contributed by atoms with Crippen LogP contribution in [0.2, 0.25) is 0 Å². The number of hydrogen-bond acceptors (Lipinski definition) is 1. The largest absolute Gasteiger partial charge is 0.393 e. The van der Waals surface area contributed by atoms with E-state index in [1.807, 2.05) is 0 Å². The van der Waals surface area contributed by atoms with Crippen LogP contribution in [0.3, 0.4) is 0 Å². The first-order valence-electron chi connectivity index (χ1n) is 4.24. The summed E-state index contributed by atoms with van der Waals surface area (Å²) in [5.74, 6) is -2.16. The Hall–Kier alpha value is -0.320. The minimum Gasteiger partial charge on any atom is -0.393 e. The molecule has 0 bridgehead atoms. The lowest BCUT2D eigenvalue weighted by atomic mass is 9.80. The van der Waals surface area contributed by atoms with Crippen LogP contribution in [0.4, 0.5) is 17.6 Å². The summed E-state index contributed by atoms with van der Waals surface area (Å²) in [5, 5.41) is 9.08. The summed E-state index contributed by atoms with van der Waals surface area (Å²) in [6.45, 7) is -0.774. The summed E-state index contributed by atoms with van der Waals surface area (Å²) < 4.78 is 48.7. The van der Waals surface area contributed by atoms with Gasteiger partial charge in [-0.1, -0.05) is 0 Å². The van der Waals surface area contributed by atoms with Crippen LogP contribution in [0, 0.1) is 11.8 Å². The third kappa shape index (κ3) is 2.83. The van der Waals surface area contributed by atoms with Crippen LogP contribution in [0.5, 0.6) is 0 Å². The molecule has 13 heavy (non-hydrogen) atoms. The Kier molecular flexibility index (Phi) is 3.16. The van der Waals surface area contributed by atoms with Crippen molar-refractivity contribution in [3.05, 3.63) is 0 Å². The first-order valence-corrected chi connectivity index (χ1v) is 4.24. The monoisotopic (exact) mass is 200 g/mol. The fourth-order valence-corrected chi connectivity index (χ4v) is 1.80. The van der Waals surface area contributed by atoms with Crippen LogP contribution in [-0.4, -0.2) is 24.1 Å². The smallest absolute Gasteiger partial charge is 0.391 e. The van der Waals surface area contributed by atoms with Crippen molar-refractivity contribution in [2.75, 3.05) is 6.67 Å². The highest BCUT2D eigenvalue weighted by Crippen LogP contribution is 2.40. The van der Waals surface area contributed by atoms with Crippen molar-refractivity contribution in [1.29, 1.82) is 0 Å². The zero-order valence-electron chi connectivity index (χ0n) is 7.02. The van der Waals surface area contributed by atoms with Crippen molar-refractivity contribution in [3.63, 3.8) is 0 Å². The fraction of sp³-hybridized carbons (Fsp3) is 1.00. The molecule has 1 saturated carbocycles. The molecule has 0 aromatic rings. The van der Waals surface area contributed by atoms with E-state index in [1.54, 1.807) is 0 Å².